The third-order valence-corrected chi connectivity index (χ3v) is 5.87. The number of benzene rings is 1. The normalized spacial score (nSPS) is 22.3. The van der Waals surface area contributed by atoms with Crippen LogP contribution < -0.4 is 20.7 Å². The number of alkyl halides is 2. The maximum Gasteiger partial charge on any atom is 0.261 e. The molecule has 3 aliphatic rings. The number of aromatic nitrogens is 2. The Bertz CT molecular complexity index is 1010. The van der Waals surface area contributed by atoms with Crippen LogP contribution in [0.5, 0.6) is 5.75 Å². The molecule has 1 amide bonds. The van der Waals surface area contributed by atoms with E-state index in [9.17, 15) is 13.6 Å². The van der Waals surface area contributed by atoms with E-state index in [-0.39, 0.29) is 19.8 Å². The maximum atomic E-state index is 13.7. The molecule has 4 heterocycles. The van der Waals surface area contributed by atoms with Gasteiger partial charge in [-0.3, -0.25) is 4.79 Å². The van der Waals surface area contributed by atoms with Gasteiger partial charge in [-0.25, -0.2) is 13.8 Å². The molecule has 11 heteroatoms. The van der Waals surface area contributed by atoms with Crippen LogP contribution in [0.25, 0.3) is 11.4 Å². The lowest BCUT2D eigenvalue weighted by atomic mass is 10.1. The van der Waals surface area contributed by atoms with Crippen molar-refractivity contribution in [2.75, 3.05) is 36.6 Å². The first kappa shape index (κ1) is 20.0. The number of carbonyl (C=O) groups is 1. The maximum absolute atomic E-state index is 13.7. The lowest BCUT2D eigenvalue weighted by molar-refractivity contribution is -0.182. The van der Waals surface area contributed by atoms with Crippen molar-refractivity contribution in [1.82, 2.24) is 9.55 Å². The van der Waals surface area contributed by atoms with Crippen molar-refractivity contribution in [3.05, 3.63) is 24.4 Å². The van der Waals surface area contributed by atoms with Gasteiger partial charge in [-0.1, -0.05) is 0 Å². The van der Waals surface area contributed by atoms with Crippen LogP contribution in [0.4, 0.5) is 20.3 Å². The lowest BCUT2D eigenvalue weighted by Gasteiger charge is -2.44. The summed E-state index contributed by atoms with van der Waals surface area (Å²) in [5, 5.41) is 3.03. The number of carbonyl (C=O) groups excluding carboxylic acids is 1. The zero-order valence-electron chi connectivity index (χ0n) is 16.9. The molecule has 2 saturated heterocycles. The van der Waals surface area contributed by atoms with Gasteiger partial charge in [0.25, 0.3) is 6.43 Å². The highest BCUT2D eigenvalue weighted by atomic mass is 19.3. The van der Waals surface area contributed by atoms with E-state index >= 15 is 0 Å². The van der Waals surface area contributed by atoms with Crippen molar-refractivity contribution in [3.8, 4) is 17.1 Å². The van der Waals surface area contributed by atoms with E-state index in [4.69, 9.17) is 24.9 Å². The van der Waals surface area contributed by atoms with Gasteiger partial charge in [-0.05, 0) is 19.1 Å². The average Bonchev–Trinajstić information content (AvgIpc) is 3.26. The number of anilines is 2. The van der Waals surface area contributed by atoms with E-state index in [1.807, 2.05) is 10.6 Å². The fourth-order valence-corrected chi connectivity index (χ4v) is 4.14. The van der Waals surface area contributed by atoms with E-state index in [2.05, 4.69) is 5.32 Å². The molecule has 2 atom stereocenters. The fourth-order valence-electron chi connectivity index (χ4n) is 4.14. The Hall–Kier alpha value is -2.92. The number of hydrogen-bond donors (Lipinski definition) is 2. The Balaban J connectivity index is 1.50. The van der Waals surface area contributed by atoms with E-state index in [0.29, 0.717) is 36.2 Å². The highest BCUT2D eigenvalue weighted by Crippen LogP contribution is 2.42. The molecule has 31 heavy (non-hydrogen) atoms. The van der Waals surface area contributed by atoms with Crippen LogP contribution in [0.3, 0.4) is 0 Å². The van der Waals surface area contributed by atoms with Crippen molar-refractivity contribution in [1.29, 1.82) is 0 Å². The quantitative estimate of drug-likeness (QED) is 0.732. The van der Waals surface area contributed by atoms with Gasteiger partial charge in [0.15, 0.2) is 5.72 Å². The molecule has 9 nitrogen and oxygen atoms in total. The summed E-state index contributed by atoms with van der Waals surface area (Å²) in [6, 6.07) is 3.78. The van der Waals surface area contributed by atoms with E-state index in [1.165, 1.54) is 0 Å². The molecule has 3 N–H and O–H groups in total. The zero-order valence-corrected chi connectivity index (χ0v) is 16.9. The van der Waals surface area contributed by atoms with Crippen LogP contribution in [0.15, 0.2) is 24.4 Å². The molecule has 1 spiro atoms. The van der Waals surface area contributed by atoms with Crippen molar-refractivity contribution < 1.29 is 27.8 Å². The highest BCUT2D eigenvalue weighted by molar-refractivity contribution is 5.83. The second-order valence-corrected chi connectivity index (χ2v) is 7.97. The Labute approximate surface area is 177 Å². The Morgan fingerprint density at radius 2 is 2.19 bits per heavy atom. The van der Waals surface area contributed by atoms with Crippen molar-refractivity contribution >= 4 is 17.4 Å². The predicted octanol–water partition coefficient (Wildman–Crippen LogP) is 1.42. The van der Waals surface area contributed by atoms with E-state index in [1.54, 1.807) is 30.2 Å². The largest absolute Gasteiger partial charge is 0.491 e. The lowest BCUT2D eigenvalue weighted by Crippen LogP contribution is -2.62. The number of ether oxygens (including phenoxy) is 3. The van der Waals surface area contributed by atoms with Crippen LogP contribution >= 0.6 is 0 Å². The highest BCUT2D eigenvalue weighted by Gasteiger charge is 2.56. The van der Waals surface area contributed by atoms with Crippen LogP contribution in [0.2, 0.25) is 0 Å². The molecule has 0 bridgehead atoms. The minimum Gasteiger partial charge on any atom is -0.491 e. The Kier molecular flexibility index (Phi) is 4.74. The first-order valence-electron chi connectivity index (χ1n) is 10.1. The monoisotopic (exact) mass is 435 g/mol. The van der Waals surface area contributed by atoms with Crippen LogP contribution in [-0.4, -0.2) is 66.1 Å². The number of nitrogens with two attached hydrogens (primary N) is 1. The van der Waals surface area contributed by atoms with Crippen molar-refractivity contribution in [3.63, 3.8) is 0 Å². The van der Waals surface area contributed by atoms with Crippen LogP contribution in [0, 0.1) is 0 Å². The molecule has 0 aliphatic carbocycles. The number of nitrogens with zero attached hydrogens (tertiary/aromatic N) is 3. The minimum atomic E-state index is -2.57. The number of imidazole rings is 1. The molecular weight excluding hydrogens is 412 g/mol. The number of halogens is 2. The molecule has 2 aromatic rings. The topological polar surface area (TPSA) is 104 Å². The SMILES string of the molecule is C[C@H](Nc1ccc2c(c1)OCCn1cc(N3C(C(F)F)COC34COC4)nc1-2)C(N)=O. The van der Waals surface area contributed by atoms with Crippen molar-refractivity contribution in [2.45, 2.75) is 37.7 Å². The van der Waals surface area contributed by atoms with Gasteiger partial charge in [-0.2, -0.15) is 0 Å². The Morgan fingerprint density at radius 3 is 2.87 bits per heavy atom. The predicted molar refractivity (Wildman–Crippen MR) is 107 cm³/mol. The molecule has 1 aromatic heterocycles. The van der Waals surface area contributed by atoms with Gasteiger partial charge < -0.3 is 34.7 Å². The molecule has 0 saturated carbocycles. The van der Waals surface area contributed by atoms with Gasteiger partial charge >= 0.3 is 0 Å². The van der Waals surface area contributed by atoms with Crippen LogP contribution in [-0.2, 0) is 20.8 Å². The molecule has 0 radical (unpaired) electrons. The second kappa shape index (κ2) is 7.34. The molecule has 3 aliphatic heterocycles. The first-order valence-corrected chi connectivity index (χ1v) is 10.1. The zero-order chi connectivity index (χ0) is 21.8. The van der Waals surface area contributed by atoms with E-state index in [0.717, 1.165) is 5.56 Å². The number of amides is 1. The molecule has 5 rings (SSSR count). The van der Waals surface area contributed by atoms with E-state index < -0.39 is 30.1 Å². The standard InChI is InChI=1S/C20H23F2N5O4/c1-11(18(23)28)24-12-2-3-13-15(6-12)30-5-4-26-7-16(25-19(13)26)27-14(17(21)22)8-31-20(27)9-29-10-20/h2-3,6-7,11,14,17,24H,4-5,8-10H2,1H3,(H2,23,28)/t11-,14?/m0/s1. The molecule has 1 unspecified atom stereocenters. The summed E-state index contributed by atoms with van der Waals surface area (Å²) in [5.74, 6) is 1.17. The smallest absolute Gasteiger partial charge is 0.261 e. The summed E-state index contributed by atoms with van der Waals surface area (Å²) in [4.78, 5) is 17.6. The van der Waals surface area contributed by atoms with Crippen molar-refractivity contribution in [2.24, 2.45) is 5.73 Å². The summed E-state index contributed by atoms with van der Waals surface area (Å²) in [7, 11) is 0. The Morgan fingerprint density at radius 1 is 1.39 bits per heavy atom. The van der Waals surface area contributed by atoms with Gasteiger partial charge in [0, 0.05) is 18.0 Å². The summed E-state index contributed by atoms with van der Waals surface area (Å²) in [6.45, 7) is 2.94. The molecular formula is C20H23F2N5O4. The van der Waals surface area contributed by atoms with Gasteiger partial charge in [0.05, 0.1) is 31.9 Å². The van der Waals surface area contributed by atoms with Gasteiger partial charge in [0.1, 0.15) is 36.1 Å². The molecule has 1 aromatic carbocycles. The summed E-state index contributed by atoms with van der Waals surface area (Å²) in [5.41, 5.74) is 5.84. The number of fused-ring (bicyclic) bond motifs is 3. The fraction of sp³-hybridized carbons (Fsp3) is 0.500. The number of primary amides is 1. The number of hydrogen-bond acceptors (Lipinski definition) is 7. The van der Waals surface area contributed by atoms with Gasteiger partial charge in [0.2, 0.25) is 5.91 Å². The summed E-state index contributed by atoms with van der Waals surface area (Å²) in [6.07, 6.45) is -0.808. The van der Waals surface area contributed by atoms with Gasteiger partial charge in [-0.15, -0.1) is 0 Å². The van der Waals surface area contributed by atoms with Crippen LogP contribution in [0.1, 0.15) is 6.92 Å². The average molecular weight is 435 g/mol. The third-order valence-electron chi connectivity index (χ3n) is 5.87. The molecule has 166 valence electrons. The molecule has 2 fully saturated rings. The summed E-state index contributed by atoms with van der Waals surface area (Å²) >= 11 is 0. The first-order chi connectivity index (χ1) is 14.9. The third kappa shape index (κ3) is 3.28. The minimum absolute atomic E-state index is 0.0734. The number of rotatable bonds is 5. The number of nitrogens with one attached hydrogen (secondary N) is 1. The second-order valence-electron chi connectivity index (χ2n) is 7.97. The summed E-state index contributed by atoms with van der Waals surface area (Å²) < 4.78 is 46.2.